The molecular weight excluding hydrogens is 288 g/mol. The Hall–Kier alpha value is -2.13. The Morgan fingerprint density at radius 2 is 1.50 bits per heavy atom. The van der Waals surface area contributed by atoms with Crippen molar-refractivity contribution in [1.29, 1.82) is 0 Å². The van der Waals surface area contributed by atoms with Crippen molar-refractivity contribution in [3.63, 3.8) is 0 Å². The molecule has 0 saturated carbocycles. The van der Waals surface area contributed by atoms with E-state index < -0.39 is 0 Å². The summed E-state index contributed by atoms with van der Waals surface area (Å²) < 4.78 is 0. The summed E-state index contributed by atoms with van der Waals surface area (Å²) in [4.78, 5) is 2.10. The van der Waals surface area contributed by atoms with E-state index in [1.165, 1.54) is 11.1 Å². The van der Waals surface area contributed by atoms with Gasteiger partial charge in [-0.25, -0.2) is 0 Å². The maximum absolute atomic E-state index is 5.55. The number of nitrogens with zero attached hydrogens (tertiary/aromatic N) is 1. The van der Waals surface area contributed by atoms with E-state index in [0.717, 1.165) is 10.7 Å². The van der Waals surface area contributed by atoms with E-state index in [1.54, 1.807) is 0 Å². The van der Waals surface area contributed by atoms with Crippen LogP contribution in [0.1, 0.15) is 24.1 Å². The van der Waals surface area contributed by atoms with Gasteiger partial charge >= 0.3 is 0 Å². The average Bonchev–Trinajstić information content (AvgIpc) is 2.54. The van der Waals surface area contributed by atoms with Crippen LogP contribution in [0, 0.1) is 0 Å². The Balaban J connectivity index is 2.29. The zero-order valence-electron chi connectivity index (χ0n) is 13.1. The van der Waals surface area contributed by atoms with E-state index in [4.69, 9.17) is 12.2 Å². The maximum Gasteiger partial charge on any atom is 0.169 e. The van der Waals surface area contributed by atoms with Crippen LogP contribution in [-0.4, -0.2) is 23.6 Å². The first kappa shape index (κ1) is 16.2. The van der Waals surface area contributed by atoms with Gasteiger partial charge < -0.3 is 10.2 Å². The van der Waals surface area contributed by atoms with Crippen molar-refractivity contribution in [2.45, 2.75) is 13.0 Å². The van der Waals surface area contributed by atoms with E-state index >= 15 is 0 Å². The molecule has 0 saturated heterocycles. The Morgan fingerprint density at radius 1 is 1.05 bits per heavy atom. The molecule has 1 N–H and O–H groups in total. The third-order valence-electron chi connectivity index (χ3n) is 3.48. The van der Waals surface area contributed by atoms with E-state index in [9.17, 15) is 0 Å². The molecule has 22 heavy (non-hydrogen) atoms. The number of thiocarbonyl (C=S) groups is 1. The van der Waals surface area contributed by atoms with Crippen molar-refractivity contribution in [3.8, 4) is 0 Å². The minimum absolute atomic E-state index is 0.0903. The largest absolute Gasteiger partial charge is 0.359 e. The smallest absolute Gasteiger partial charge is 0.169 e. The lowest BCUT2D eigenvalue weighted by Crippen LogP contribution is -2.40. The van der Waals surface area contributed by atoms with Crippen molar-refractivity contribution in [2.75, 3.05) is 13.6 Å². The number of rotatable bonds is 5. The molecule has 0 radical (unpaired) electrons. The third kappa shape index (κ3) is 4.18. The summed E-state index contributed by atoms with van der Waals surface area (Å²) >= 11 is 5.55. The normalized spacial score (nSPS) is 10.3. The fraction of sp³-hybridized carbons (Fsp3) is 0.211. The standard InChI is InChI=1S/C19H22N2S/c1-15(2)14-20-19(22)21(3)18(16-10-6-4-7-11-16)17-12-8-5-9-13-17/h4-13,18H,1,14H2,2-3H3,(H,20,22). The molecule has 3 heteroatoms. The van der Waals surface area contributed by atoms with Gasteiger partial charge in [-0.2, -0.15) is 0 Å². The van der Waals surface area contributed by atoms with Crippen molar-refractivity contribution in [1.82, 2.24) is 10.2 Å². The second-order valence-corrected chi connectivity index (χ2v) is 5.84. The highest BCUT2D eigenvalue weighted by Gasteiger charge is 2.20. The van der Waals surface area contributed by atoms with Crippen LogP contribution in [0.2, 0.25) is 0 Å². The highest BCUT2D eigenvalue weighted by atomic mass is 32.1. The van der Waals surface area contributed by atoms with Gasteiger partial charge in [0.1, 0.15) is 0 Å². The van der Waals surface area contributed by atoms with Crippen LogP contribution in [0.4, 0.5) is 0 Å². The van der Waals surface area contributed by atoms with Gasteiger partial charge in [-0.15, -0.1) is 0 Å². The molecule has 0 aliphatic heterocycles. The number of hydrogen-bond donors (Lipinski definition) is 1. The van der Waals surface area contributed by atoms with Crippen molar-refractivity contribution in [2.24, 2.45) is 0 Å². The summed E-state index contributed by atoms with van der Waals surface area (Å²) in [6.45, 7) is 6.59. The van der Waals surface area contributed by atoms with E-state index in [2.05, 4.69) is 65.3 Å². The Morgan fingerprint density at radius 3 is 1.91 bits per heavy atom. The Bertz CT molecular complexity index is 583. The van der Waals surface area contributed by atoms with Gasteiger partial charge in [-0.3, -0.25) is 0 Å². The molecule has 0 amide bonds. The van der Waals surface area contributed by atoms with Crippen molar-refractivity contribution in [3.05, 3.63) is 83.9 Å². The Labute approximate surface area is 138 Å². The SMILES string of the molecule is C=C(C)CNC(=S)N(C)C(c1ccccc1)c1ccccc1. The molecule has 0 aliphatic carbocycles. The zero-order chi connectivity index (χ0) is 15.9. The highest BCUT2D eigenvalue weighted by Crippen LogP contribution is 2.27. The predicted octanol–water partition coefficient (Wildman–Crippen LogP) is 4.16. The fourth-order valence-electron chi connectivity index (χ4n) is 2.38. The predicted molar refractivity (Wildman–Crippen MR) is 97.9 cm³/mol. The van der Waals surface area contributed by atoms with Gasteiger partial charge in [0.2, 0.25) is 0 Å². The van der Waals surface area contributed by atoms with Crippen LogP contribution < -0.4 is 5.32 Å². The average molecular weight is 310 g/mol. The van der Waals surface area contributed by atoms with E-state index in [-0.39, 0.29) is 6.04 Å². The van der Waals surface area contributed by atoms with Crippen LogP contribution >= 0.6 is 12.2 Å². The van der Waals surface area contributed by atoms with Crippen LogP contribution in [0.15, 0.2) is 72.8 Å². The van der Waals surface area contributed by atoms with Gasteiger partial charge in [0.25, 0.3) is 0 Å². The summed E-state index contributed by atoms with van der Waals surface area (Å²) in [7, 11) is 2.03. The van der Waals surface area contributed by atoms with Crippen LogP contribution in [-0.2, 0) is 0 Å². The molecule has 2 rings (SSSR count). The lowest BCUT2D eigenvalue weighted by atomic mass is 9.98. The minimum atomic E-state index is 0.0903. The first-order valence-corrected chi connectivity index (χ1v) is 7.75. The van der Waals surface area contributed by atoms with Crippen molar-refractivity contribution < 1.29 is 0 Å². The lowest BCUT2D eigenvalue weighted by Gasteiger charge is -2.31. The second kappa shape index (κ2) is 7.76. The second-order valence-electron chi connectivity index (χ2n) is 5.45. The molecule has 0 unspecified atom stereocenters. The van der Waals surface area contributed by atoms with Crippen molar-refractivity contribution >= 4 is 17.3 Å². The summed E-state index contributed by atoms with van der Waals surface area (Å²) in [6.07, 6.45) is 0. The van der Waals surface area contributed by atoms with Crippen LogP contribution in [0.3, 0.4) is 0 Å². The van der Waals surface area contributed by atoms with Gasteiger partial charge in [0.15, 0.2) is 5.11 Å². The molecule has 0 spiro atoms. The highest BCUT2D eigenvalue weighted by molar-refractivity contribution is 7.80. The summed E-state index contributed by atoms with van der Waals surface area (Å²) in [5.74, 6) is 0. The fourth-order valence-corrected chi connectivity index (χ4v) is 2.56. The molecule has 2 aromatic rings. The van der Waals surface area contributed by atoms with Crippen LogP contribution in [0.5, 0.6) is 0 Å². The number of nitrogens with one attached hydrogen (secondary N) is 1. The molecular formula is C19H22N2S. The molecule has 114 valence electrons. The quantitative estimate of drug-likeness (QED) is 0.659. The maximum atomic E-state index is 5.55. The summed E-state index contributed by atoms with van der Waals surface area (Å²) in [5.41, 5.74) is 3.50. The monoisotopic (exact) mass is 310 g/mol. The molecule has 0 bridgehead atoms. The minimum Gasteiger partial charge on any atom is -0.359 e. The molecule has 0 fully saturated rings. The summed E-state index contributed by atoms with van der Waals surface area (Å²) in [6, 6.07) is 20.9. The zero-order valence-corrected chi connectivity index (χ0v) is 13.9. The molecule has 0 heterocycles. The number of benzene rings is 2. The first-order chi connectivity index (χ1) is 10.6. The van der Waals surface area contributed by atoms with E-state index in [0.29, 0.717) is 6.54 Å². The third-order valence-corrected chi connectivity index (χ3v) is 3.91. The van der Waals surface area contributed by atoms with E-state index in [1.807, 2.05) is 26.1 Å². The molecule has 2 aromatic carbocycles. The number of hydrogen-bond acceptors (Lipinski definition) is 1. The molecule has 2 nitrogen and oxygen atoms in total. The van der Waals surface area contributed by atoms with Gasteiger partial charge in [-0.05, 0) is 30.3 Å². The molecule has 0 aliphatic rings. The molecule has 0 atom stereocenters. The summed E-state index contributed by atoms with van der Waals surface area (Å²) in [5, 5.41) is 3.98. The first-order valence-electron chi connectivity index (χ1n) is 7.34. The van der Waals surface area contributed by atoms with Gasteiger partial charge in [0.05, 0.1) is 6.04 Å². The topological polar surface area (TPSA) is 15.3 Å². The van der Waals surface area contributed by atoms with Gasteiger partial charge in [0, 0.05) is 13.6 Å². The lowest BCUT2D eigenvalue weighted by molar-refractivity contribution is 0.421. The van der Waals surface area contributed by atoms with Gasteiger partial charge in [-0.1, -0.05) is 72.8 Å². The molecule has 0 aromatic heterocycles. The Kier molecular flexibility index (Phi) is 5.73. The van der Waals surface area contributed by atoms with Crippen LogP contribution in [0.25, 0.3) is 0 Å².